The maximum atomic E-state index is 2.55. The van der Waals surface area contributed by atoms with E-state index in [-0.39, 0.29) is 17.5 Å². The fourth-order valence-electron chi connectivity index (χ4n) is 9.34. The van der Waals surface area contributed by atoms with Crippen LogP contribution in [0.4, 0.5) is 17.1 Å². The topological polar surface area (TPSA) is 6.48 Å². The van der Waals surface area contributed by atoms with Gasteiger partial charge in [0.2, 0.25) is 0 Å². The summed E-state index contributed by atoms with van der Waals surface area (Å²) in [5.74, 6) is 0.154. The first-order valence-corrected chi connectivity index (χ1v) is 18.6. The van der Waals surface area contributed by atoms with Crippen LogP contribution in [-0.2, 0) is 0 Å². The van der Waals surface area contributed by atoms with E-state index in [1.54, 1.807) is 0 Å². The molecular weight excluding hydrogens is 641 g/mol. The van der Waals surface area contributed by atoms with Gasteiger partial charge in [0.1, 0.15) is 6.17 Å². The van der Waals surface area contributed by atoms with Crippen LogP contribution >= 0.6 is 0 Å². The molecule has 3 unspecified atom stereocenters. The Hall–Kier alpha value is -6.38. The lowest BCUT2D eigenvalue weighted by Crippen LogP contribution is -2.33. The van der Waals surface area contributed by atoms with Gasteiger partial charge in [-0.15, -0.1) is 0 Å². The number of fused-ring (bicyclic) bond motifs is 4. The summed E-state index contributed by atoms with van der Waals surface area (Å²) < 4.78 is 0. The van der Waals surface area contributed by atoms with Crippen molar-refractivity contribution in [2.45, 2.75) is 19.0 Å². The molecule has 0 N–H and O–H groups in total. The van der Waals surface area contributed by atoms with Gasteiger partial charge in [0.25, 0.3) is 0 Å². The van der Waals surface area contributed by atoms with Crippen molar-refractivity contribution in [3.05, 3.63) is 233 Å². The number of nitrogens with zero attached hydrogens (tertiary/aromatic N) is 2. The van der Waals surface area contributed by atoms with Crippen LogP contribution in [0.5, 0.6) is 0 Å². The van der Waals surface area contributed by atoms with Gasteiger partial charge in [-0.25, -0.2) is 0 Å². The zero-order chi connectivity index (χ0) is 35.5. The Balaban J connectivity index is 1.11. The molecule has 10 rings (SSSR count). The Labute approximate surface area is 312 Å². The SMILES string of the molecule is CN1c2ccccc2N(c2ccc(C3=CC4(C)C(=C(c5ccc6ccccc6c5)c5ccccc5C4c4ccccc4)C=C3)cc2)C1c1ccccc1. The maximum absolute atomic E-state index is 2.55. The van der Waals surface area contributed by atoms with E-state index in [2.05, 4.69) is 218 Å². The highest BCUT2D eigenvalue weighted by Gasteiger charge is 2.45. The van der Waals surface area contributed by atoms with Gasteiger partial charge in [-0.2, -0.15) is 0 Å². The first-order chi connectivity index (χ1) is 26.1. The molecule has 3 atom stereocenters. The number of rotatable bonds is 5. The van der Waals surface area contributed by atoms with Gasteiger partial charge >= 0.3 is 0 Å². The first-order valence-electron chi connectivity index (χ1n) is 18.6. The number of allylic oxidation sites excluding steroid dienone is 5. The van der Waals surface area contributed by atoms with E-state index in [0.717, 1.165) is 0 Å². The van der Waals surface area contributed by atoms with Crippen LogP contribution < -0.4 is 9.80 Å². The molecule has 2 aliphatic carbocycles. The summed E-state index contributed by atoms with van der Waals surface area (Å²) in [4.78, 5) is 4.86. The summed E-state index contributed by atoms with van der Waals surface area (Å²) in [6.07, 6.45) is 7.38. The fraction of sp³-hybridized carbons (Fsp3) is 0.0980. The molecule has 1 aliphatic heterocycles. The third-order valence-electron chi connectivity index (χ3n) is 11.8. The van der Waals surface area contributed by atoms with Crippen molar-refractivity contribution in [2.24, 2.45) is 5.41 Å². The molecule has 53 heavy (non-hydrogen) atoms. The summed E-state index contributed by atoms with van der Waals surface area (Å²) in [5, 5.41) is 2.53. The largest absolute Gasteiger partial charge is 0.349 e. The van der Waals surface area contributed by atoms with Crippen molar-refractivity contribution < 1.29 is 0 Å². The Morgan fingerprint density at radius 2 is 1.15 bits per heavy atom. The van der Waals surface area contributed by atoms with E-state index >= 15 is 0 Å². The van der Waals surface area contributed by atoms with Crippen LogP contribution in [0.25, 0.3) is 21.9 Å². The minimum absolute atomic E-state index is 0.0716. The molecule has 0 fully saturated rings. The molecule has 254 valence electrons. The van der Waals surface area contributed by atoms with Gasteiger partial charge in [0.15, 0.2) is 0 Å². The van der Waals surface area contributed by atoms with Gasteiger partial charge in [0.05, 0.1) is 11.4 Å². The van der Waals surface area contributed by atoms with Gasteiger partial charge < -0.3 is 9.80 Å². The van der Waals surface area contributed by atoms with Gasteiger partial charge in [0, 0.05) is 24.1 Å². The number of hydrogen-bond donors (Lipinski definition) is 0. The number of hydrogen-bond acceptors (Lipinski definition) is 2. The molecule has 7 aromatic rings. The van der Waals surface area contributed by atoms with Crippen molar-refractivity contribution in [3.8, 4) is 0 Å². The number of benzene rings is 7. The van der Waals surface area contributed by atoms with E-state index in [0.29, 0.717) is 0 Å². The molecule has 0 saturated carbocycles. The standard InChI is InChI=1S/C51H40N2/c1-51-34-41(36-27-30-42(31-28-36)53-47-24-14-13-23-46(47)52(2)50(53)38-18-7-4-8-19-38)29-32-45(51)48(40-26-25-35-15-9-10-20-39(35)33-40)43-21-11-12-22-44(43)49(51)37-16-5-3-6-17-37/h3-34,49-50H,1-2H3. The summed E-state index contributed by atoms with van der Waals surface area (Å²) in [6, 6.07) is 64.6. The lowest BCUT2D eigenvalue weighted by molar-refractivity contribution is 0.450. The second-order valence-corrected chi connectivity index (χ2v) is 14.8. The predicted molar refractivity (Wildman–Crippen MR) is 223 cm³/mol. The maximum Gasteiger partial charge on any atom is 0.132 e. The summed E-state index contributed by atoms with van der Waals surface area (Å²) in [6.45, 7) is 2.45. The fourth-order valence-corrected chi connectivity index (χ4v) is 9.34. The van der Waals surface area contributed by atoms with E-state index < -0.39 is 0 Å². The van der Waals surface area contributed by atoms with Gasteiger partial charge in [-0.3, -0.25) is 0 Å². The Morgan fingerprint density at radius 3 is 1.92 bits per heavy atom. The van der Waals surface area contributed by atoms with Gasteiger partial charge in [-0.05, 0) is 91.2 Å². The molecule has 0 saturated heterocycles. The van der Waals surface area contributed by atoms with Crippen molar-refractivity contribution in [1.82, 2.24) is 0 Å². The summed E-state index contributed by atoms with van der Waals surface area (Å²) >= 11 is 0. The highest BCUT2D eigenvalue weighted by Crippen LogP contribution is 2.58. The third-order valence-corrected chi connectivity index (χ3v) is 11.8. The van der Waals surface area contributed by atoms with E-state index in [4.69, 9.17) is 0 Å². The smallest absolute Gasteiger partial charge is 0.132 e. The van der Waals surface area contributed by atoms with Crippen LogP contribution in [0, 0.1) is 5.41 Å². The normalized spacial score (nSPS) is 20.2. The average molecular weight is 681 g/mol. The van der Waals surface area contributed by atoms with Crippen LogP contribution in [0.2, 0.25) is 0 Å². The Kier molecular flexibility index (Phi) is 7.33. The predicted octanol–water partition coefficient (Wildman–Crippen LogP) is 12.7. The summed E-state index contributed by atoms with van der Waals surface area (Å²) in [7, 11) is 2.20. The molecule has 2 nitrogen and oxygen atoms in total. The second kappa shape index (κ2) is 12.4. The molecular formula is C51H40N2. The molecule has 0 radical (unpaired) electrons. The minimum Gasteiger partial charge on any atom is -0.349 e. The van der Waals surface area contributed by atoms with E-state index in [9.17, 15) is 0 Å². The molecule has 7 aromatic carbocycles. The first kappa shape index (κ1) is 31.4. The van der Waals surface area contributed by atoms with Crippen molar-refractivity contribution >= 4 is 39.0 Å². The van der Waals surface area contributed by atoms with Crippen LogP contribution in [0.1, 0.15) is 52.4 Å². The number of para-hydroxylation sites is 2. The lowest BCUT2D eigenvalue weighted by Gasteiger charge is -2.45. The van der Waals surface area contributed by atoms with Crippen LogP contribution in [0.15, 0.2) is 200 Å². The number of anilines is 3. The molecule has 0 amide bonds. The highest BCUT2D eigenvalue weighted by atomic mass is 15.4. The Bertz CT molecular complexity index is 2600. The average Bonchev–Trinajstić information content (AvgIpc) is 3.51. The summed E-state index contributed by atoms with van der Waals surface area (Å²) in [5.41, 5.74) is 15.1. The van der Waals surface area contributed by atoms with Crippen molar-refractivity contribution in [1.29, 1.82) is 0 Å². The molecule has 1 heterocycles. The van der Waals surface area contributed by atoms with E-state index in [1.165, 1.54) is 77.9 Å². The molecule has 0 spiro atoms. The molecule has 0 bridgehead atoms. The third kappa shape index (κ3) is 5.01. The molecule has 3 aliphatic rings. The quantitative estimate of drug-likeness (QED) is 0.179. The van der Waals surface area contributed by atoms with Crippen LogP contribution in [0.3, 0.4) is 0 Å². The second-order valence-electron chi connectivity index (χ2n) is 14.8. The molecule has 0 aromatic heterocycles. The highest BCUT2D eigenvalue weighted by molar-refractivity contribution is 5.96. The van der Waals surface area contributed by atoms with Crippen molar-refractivity contribution in [3.63, 3.8) is 0 Å². The van der Waals surface area contributed by atoms with Crippen molar-refractivity contribution in [2.75, 3.05) is 16.8 Å². The monoisotopic (exact) mass is 680 g/mol. The van der Waals surface area contributed by atoms with Crippen LogP contribution in [-0.4, -0.2) is 7.05 Å². The van der Waals surface area contributed by atoms with Gasteiger partial charge in [-0.1, -0.05) is 171 Å². The lowest BCUT2D eigenvalue weighted by atomic mass is 9.57. The molecule has 2 heteroatoms. The zero-order valence-corrected chi connectivity index (χ0v) is 30.0. The zero-order valence-electron chi connectivity index (χ0n) is 30.0. The van der Waals surface area contributed by atoms with E-state index in [1.807, 2.05) is 0 Å². The Morgan fingerprint density at radius 1 is 0.528 bits per heavy atom. The minimum atomic E-state index is -0.297.